The summed E-state index contributed by atoms with van der Waals surface area (Å²) in [5.74, 6) is 1.65. The number of anilines is 2. The highest BCUT2D eigenvalue weighted by Crippen LogP contribution is 2.26. The van der Waals surface area contributed by atoms with Gasteiger partial charge in [0.25, 0.3) is 0 Å². The molecule has 0 spiro atoms. The molecule has 0 bridgehead atoms. The molecule has 1 aromatic heterocycles. The molecule has 0 radical (unpaired) electrons. The van der Waals surface area contributed by atoms with E-state index in [0.717, 1.165) is 11.8 Å². The third-order valence-electron chi connectivity index (χ3n) is 2.25. The minimum absolute atomic E-state index is 0.365. The van der Waals surface area contributed by atoms with Crippen LogP contribution in [0.1, 0.15) is 32.7 Å². The molecule has 1 aromatic rings. The van der Waals surface area contributed by atoms with Crippen LogP contribution in [0.5, 0.6) is 0 Å². The zero-order valence-corrected chi connectivity index (χ0v) is 8.12. The number of aromatic nitrogens is 2. The minimum Gasteiger partial charge on any atom is -0.384 e. The smallest absolute Gasteiger partial charge is 0.204 e. The molecule has 3 N–H and O–H groups in total. The van der Waals surface area contributed by atoms with Gasteiger partial charge < -0.3 is 11.1 Å². The van der Waals surface area contributed by atoms with Gasteiger partial charge in [-0.3, -0.25) is 4.57 Å². The second kappa shape index (κ2) is 2.94. The molecule has 2 rings (SSSR count). The first-order valence-corrected chi connectivity index (χ1v) is 4.77. The Labute approximate surface area is 78.1 Å². The summed E-state index contributed by atoms with van der Waals surface area (Å²) in [5, 5.41) is 3.36. The Bertz CT molecular complexity index is 299. The molecule has 1 fully saturated rings. The Kier molecular flexibility index (Phi) is 1.90. The fourth-order valence-corrected chi connectivity index (χ4v) is 1.43. The lowest BCUT2D eigenvalue weighted by atomic mass is 10.4. The minimum atomic E-state index is 0.365. The molecule has 0 amide bonds. The van der Waals surface area contributed by atoms with Crippen LogP contribution in [0.25, 0.3) is 0 Å². The number of hydrogen-bond acceptors (Lipinski definition) is 3. The molecule has 4 heteroatoms. The Balaban J connectivity index is 2.22. The first-order chi connectivity index (χ1) is 6.18. The molecular formula is C9H16N4. The normalized spacial score (nSPS) is 16.5. The van der Waals surface area contributed by atoms with E-state index in [1.54, 1.807) is 6.20 Å². The van der Waals surface area contributed by atoms with Crippen LogP contribution in [0, 0.1) is 0 Å². The zero-order valence-electron chi connectivity index (χ0n) is 8.12. The second-order valence-electron chi connectivity index (χ2n) is 3.89. The molecule has 1 heterocycles. The first kappa shape index (κ1) is 8.41. The maximum atomic E-state index is 5.80. The summed E-state index contributed by atoms with van der Waals surface area (Å²) in [5.41, 5.74) is 5.80. The highest BCUT2D eigenvalue weighted by molar-refractivity contribution is 5.42. The van der Waals surface area contributed by atoms with E-state index >= 15 is 0 Å². The summed E-state index contributed by atoms with van der Waals surface area (Å²) in [6, 6.07) is 0.989. The first-order valence-electron chi connectivity index (χ1n) is 4.77. The van der Waals surface area contributed by atoms with Crippen molar-refractivity contribution >= 4 is 11.8 Å². The van der Waals surface area contributed by atoms with Crippen LogP contribution in [0.4, 0.5) is 11.8 Å². The Hall–Kier alpha value is -1.19. The van der Waals surface area contributed by atoms with Gasteiger partial charge in [0.05, 0.1) is 6.20 Å². The molecule has 0 unspecified atom stereocenters. The monoisotopic (exact) mass is 180 g/mol. The predicted octanol–water partition coefficient (Wildman–Crippen LogP) is 1.62. The van der Waals surface area contributed by atoms with Crippen molar-refractivity contribution in [2.75, 3.05) is 11.1 Å². The summed E-state index contributed by atoms with van der Waals surface area (Å²) in [6.07, 6.45) is 4.22. The van der Waals surface area contributed by atoms with Gasteiger partial charge in [-0.2, -0.15) is 0 Å². The fraction of sp³-hybridized carbons (Fsp3) is 0.667. The van der Waals surface area contributed by atoms with Crippen molar-refractivity contribution in [3.8, 4) is 0 Å². The van der Waals surface area contributed by atoms with Crippen molar-refractivity contribution in [1.29, 1.82) is 0 Å². The van der Waals surface area contributed by atoms with Gasteiger partial charge in [-0.05, 0) is 26.7 Å². The van der Waals surface area contributed by atoms with Gasteiger partial charge in [-0.15, -0.1) is 0 Å². The number of nitrogens with zero attached hydrogens (tertiary/aromatic N) is 2. The maximum Gasteiger partial charge on any atom is 0.204 e. The predicted molar refractivity (Wildman–Crippen MR) is 53.7 cm³/mol. The highest BCUT2D eigenvalue weighted by Gasteiger charge is 2.23. The standard InChI is InChI=1S/C9H16N4/c1-6(2)13-8(10)5-11-9(13)12-7-3-4-7/h5-7H,3-4,10H2,1-2H3,(H,11,12). The van der Waals surface area contributed by atoms with Crippen LogP contribution in [0.2, 0.25) is 0 Å². The van der Waals surface area contributed by atoms with Crippen molar-refractivity contribution in [2.45, 2.75) is 38.8 Å². The summed E-state index contributed by atoms with van der Waals surface area (Å²) in [6.45, 7) is 4.21. The Morgan fingerprint density at radius 1 is 1.62 bits per heavy atom. The van der Waals surface area contributed by atoms with Gasteiger partial charge in [-0.25, -0.2) is 4.98 Å². The molecule has 0 aliphatic heterocycles. The summed E-state index contributed by atoms with van der Waals surface area (Å²) in [4.78, 5) is 4.24. The van der Waals surface area contributed by atoms with Gasteiger partial charge in [0.2, 0.25) is 5.95 Å². The Morgan fingerprint density at radius 2 is 2.31 bits per heavy atom. The van der Waals surface area contributed by atoms with Crippen LogP contribution in [0.3, 0.4) is 0 Å². The largest absolute Gasteiger partial charge is 0.384 e. The number of hydrogen-bond donors (Lipinski definition) is 2. The van der Waals surface area contributed by atoms with Crippen molar-refractivity contribution < 1.29 is 0 Å². The molecule has 0 atom stereocenters. The van der Waals surface area contributed by atoms with Gasteiger partial charge in [0.15, 0.2) is 0 Å². The van der Waals surface area contributed by atoms with Crippen molar-refractivity contribution in [3.05, 3.63) is 6.20 Å². The van der Waals surface area contributed by atoms with E-state index in [-0.39, 0.29) is 0 Å². The highest BCUT2D eigenvalue weighted by atomic mass is 15.3. The lowest BCUT2D eigenvalue weighted by molar-refractivity contribution is 0.612. The number of nitrogens with two attached hydrogens (primary N) is 1. The van der Waals surface area contributed by atoms with Crippen molar-refractivity contribution in [3.63, 3.8) is 0 Å². The third kappa shape index (κ3) is 1.61. The van der Waals surface area contributed by atoms with Crippen LogP contribution in [0.15, 0.2) is 6.20 Å². The summed E-state index contributed by atoms with van der Waals surface area (Å²) in [7, 11) is 0. The van der Waals surface area contributed by atoms with E-state index in [2.05, 4.69) is 24.1 Å². The zero-order chi connectivity index (χ0) is 9.42. The van der Waals surface area contributed by atoms with E-state index in [9.17, 15) is 0 Å². The average molecular weight is 180 g/mol. The van der Waals surface area contributed by atoms with Crippen LogP contribution in [-0.2, 0) is 0 Å². The van der Waals surface area contributed by atoms with E-state index in [1.165, 1.54) is 12.8 Å². The fourth-order valence-electron chi connectivity index (χ4n) is 1.43. The average Bonchev–Trinajstić information content (AvgIpc) is 2.76. The number of rotatable bonds is 3. The number of nitrogens with one attached hydrogen (secondary N) is 1. The van der Waals surface area contributed by atoms with Gasteiger partial charge in [0.1, 0.15) is 5.82 Å². The maximum absolute atomic E-state index is 5.80. The van der Waals surface area contributed by atoms with Crippen molar-refractivity contribution in [1.82, 2.24) is 9.55 Å². The lowest BCUT2D eigenvalue weighted by Gasteiger charge is -2.13. The van der Waals surface area contributed by atoms with Crippen LogP contribution >= 0.6 is 0 Å². The SMILES string of the molecule is CC(C)n1c(N)cnc1NC1CC1. The molecular weight excluding hydrogens is 164 g/mol. The lowest BCUT2D eigenvalue weighted by Crippen LogP contribution is -2.12. The summed E-state index contributed by atoms with van der Waals surface area (Å²) >= 11 is 0. The molecule has 0 aromatic carbocycles. The Morgan fingerprint density at radius 3 is 2.85 bits per heavy atom. The molecule has 1 aliphatic rings. The number of nitrogen functional groups attached to an aromatic ring is 1. The third-order valence-corrected chi connectivity index (χ3v) is 2.25. The van der Waals surface area contributed by atoms with Gasteiger partial charge in [-0.1, -0.05) is 0 Å². The van der Waals surface area contributed by atoms with E-state index in [0.29, 0.717) is 12.1 Å². The second-order valence-corrected chi connectivity index (χ2v) is 3.89. The van der Waals surface area contributed by atoms with Gasteiger partial charge in [0, 0.05) is 12.1 Å². The van der Waals surface area contributed by atoms with E-state index in [4.69, 9.17) is 5.73 Å². The van der Waals surface area contributed by atoms with Crippen molar-refractivity contribution in [2.24, 2.45) is 0 Å². The molecule has 1 saturated carbocycles. The summed E-state index contributed by atoms with van der Waals surface area (Å²) < 4.78 is 2.03. The molecule has 72 valence electrons. The molecule has 4 nitrogen and oxygen atoms in total. The van der Waals surface area contributed by atoms with Gasteiger partial charge >= 0.3 is 0 Å². The van der Waals surface area contributed by atoms with E-state index in [1.807, 2.05) is 4.57 Å². The number of imidazole rings is 1. The molecule has 13 heavy (non-hydrogen) atoms. The van der Waals surface area contributed by atoms with E-state index < -0.39 is 0 Å². The topological polar surface area (TPSA) is 55.9 Å². The molecule has 1 aliphatic carbocycles. The van der Waals surface area contributed by atoms with Crippen LogP contribution < -0.4 is 11.1 Å². The quantitative estimate of drug-likeness (QED) is 0.743. The molecule has 0 saturated heterocycles. The van der Waals surface area contributed by atoms with Crippen LogP contribution in [-0.4, -0.2) is 15.6 Å².